The van der Waals surface area contributed by atoms with E-state index in [4.69, 9.17) is 5.11 Å². The Morgan fingerprint density at radius 3 is 2.78 bits per heavy atom. The third kappa shape index (κ3) is 2.29. The molecule has 3 N–H and O–H groups in total. The number of benzene rings is 1. The molecule has 1 aromatic carbocycles. The van der Waals surface area contributed by atoms with Crippen LogP contribution in [0.25, 0.3) is 0 Å². The van der Waals surface area contributed by atoms with Crippen LogP contribution in [0.5, 0.6) is 0 Å². The van der Waals surface area contributed by atoms with Crippen LogP contribution >= 0.6 is 0 Å². The van der Waals surface area contributed by atoms with Gasteiger partial charge in [-0.3, -0.25) is 0 Å². The van der Waals surface area contributed by atoms with E-state index in [0.29, 0.717) is 5.82 Å². The molecule has 5 nitrogen and oxygen atoms in total. The Bertz CT molecular complexity index is 570. The summed E-state index contributed by atoms with van der Waals surface area (Å²) >= 11 is 0. The molecule has 0 aliphatic carbocycles. The van der Waals surface area contributed by atoms with Crippen molar-refractivity contribution < 1.29 is 18.7 Å². The van der Waals surface area contributed by atoms with Crippen LogP contribution in [0.2, 0.25) is 0 Å². The molecule has 2 rings (SSSR count). The standard InChI is InChI=1S/C11H9F2N3O2/c12-9-6(11(17)18)1-2-7(10(9)13)16-5-8-14-3-4-15-8/h1-4,16H,5H2,(H,14,15)(H,17,18). The average molecular weight is 253 g/mol. The SMILES string of the molecule is O=C(O)c1ccc(NCc2ncc[nH]2)c(F)c1F. The molecular formula is C11H9F2N3O2. The molecule has 0 spiro atoms. The van der Waals surface area contributed by atoms with Gasteiger partial charge in [0, 0.05) is 12.4 Å². The molecule has 0 saturated heterocycles. The smallest absolute Gasteiger partial charge is 0.338 e. The molecule has 0 saturated carbocycles. The highest BCUT2D eigenvalue weighted by Crippen LogP contribution is 2.21. The highest BCUT2D eigenvalue weighted by molar-refractivity contribution is 5.88. The van der Waals surface area contributed by atoms with Gasteiger partial charge in [-0.15, -0.1) is 0 Å². The zero-order valence-corrected chi connectivity index (χ0v) is 9.08. The van der Waals surface area contributed by atoms with Crippen LogP contribution in [0, 0.1) is 11.6 Å². The van der Waals surface area contributed by atoms with E-state index in [0.717, 1.165) is 6.07 Å². The molecule has 18 heavy (non-hydrogen) atoms. The topological polar surface area (TPSA) is 78.0 Å². The normalized spacial score (nSPS) is 10.3. The van der Waals surface area contributed by atoms with Crippen molar-refractivity contribution in [2.24, 2.45) is 0 Å². The van der Waals surface area contributed by atoms with E-state index in [2.05, 4.69) is 15.3 Å². The van der Waals surface area contributed by atoms with Gasteiger partial charge in [0.25, 0.3) is 0 Å². The lowest BCUT2D eigenvalue weighted by molar-refractivity contribution is 0.0690. The van der Waals surface area contributed by atoms with Crippen LogP contribution in [0.4, 0.5) is 14.5 Å². The first-order chi connectivity index (χ1) is 8.59. The Balaban J connectivity index is 2.19. The molecule has 0 aliphatic heterocycles. The number of hydrogen-bond acceptors (Lipinski definition) is 3. The molecule has 1 heterocycles. The third-order valence-corrected chi connectivity index (χ3v) is 2.31. The van der Waals surface area contributed by atoms with Crippen molar-refractivity contribution in [1.82, 2.24) is 9.97 Å². The van der Waals surface area contributed by atoms with Gasteiger partial charge in [-0.1, -0.05) is 0 Å². The number of nitrogens with zero attached hydrogens (tertiary/aromatic N) is 1. The number of aromatic carboxylic acids is 1. The molecule has 0 atom stereocenters. The third-order valence-electron chi connectivity index (χ3n) is 2.31. The number of imidazole rings is 1. The molecule has 0 bridgehead atoms. The summed E-state index contributed by atoms with van der Waals surface area (Å²) in [7, 11) is 0. The Kier molecular flexibility index (Phi) is 3.22. The molecule has 0 fully saturated rings. The van der Waals surface area contributed by atoms with Crippen molar-refractivity contribution in [1.29, 1.82) is 0 Å². The zero-order chi connectivity index (χ0) is 13.1. The number of carboxylic acids is 1. The number of H-pyrrole nitrogens is 1. The van der Waals surface area contributed by atoms with Crippen LogP contribution < -0.4 is 5.32 Å². The highest BCUT2D eigenvalue weighted by atomic mass is 19.2. The van der Waals surface area contributed by atoms with Gasteiger partial charge in [0.05, 0.1) is 17.8 Å². The average Bonchev–Trinajstić information content (AvgIpc) is 2.83. The molecule has 0 radical (unpaired) electrons. The fourth-order valence-electron chi connectivity index (χ4n) is 1.42. The fourth-order valence-corrected chi connectivity index (χ4v) is 1.42. The molecule has 7 heteroatoms. The van der Waals surface area contributed by atoms with Gasteiger partial charge in [0.1, 0.15) is 5.82 Å². The Morgan fingerprint density at radius 2 is 2.17 bits per heavy atom. The molecule has 94 valence electrons. The van der Waals surface area contributed by atoms with Crippen molar-refractivity contribution in [3.8, 4) is 0 Å². The minimum atomic E-state index is -1.51. The Morgan fingerprint density at radius 1 is 1.39 bits per heavy atom. The van der Waals surface area contributed by atoms with E-state index in [1.807, 2.05) is 0 Å². The van der Waals surface area contributed by atoms with Crippen molar-refractivity contribution in [2.45, 2.75) is 6.54 Å². The minimum absolute atomic E-state index is 0.117. The van der Waals surface area contributed by atoms with Crippen LogP contribution in [0.3, 0.4) is 0 Å². The minimum Gasteiger partial charge on any atom is -0.478 e. The molecular weight excluding hydrogens is 244 g/mol. The number of aromatic amines is 1. The maximum absolute atomic E-state index is 13.5. The lowest BCUT2D eigenvalue weighted by atomic mass is 10.2. The van der Waals surface area contributed by atoms with Gasteiger partial charge in [-0.25, -0.2) is 18.6 Å². The first-order valence-corrected chi connectivity index (χ1v) is 5.03. The van der Waals surface area contributed by atoms with Crippen molar-refractivity contribution >= 4 is 11.7 Å². The van der Waals surface area contributed by atoms with Crippen molar-refractivity contribution in [2.75, 3.05) is 5.32 Å². The second-order valence-electron chi connectivity index (χ2n) is 3.48. The number of carbonyl (C=O) groups is 1. The largest absolute Gasteiger partial charge is 0.478 e. The first kappa shape index (κ1) is 12.0. The summed E-state index contributed by atoms with van der Waals surface area (Å²) in [5.74, 6) is -3.56. The van der Waals surface area contributed by atoms with Crippen LogP contribution in [-0.4, -0.2) is 21.0 Å². The van der Waals surface area contributed by atoms with E-state index in [-0.39, 0.29) is 12.2 Å². The maximum Gasteiger partial charge on any atom is 0.338 e. The van der Waals surface area contributed by atoms with Crippen molar-refractivity contribution in [3.63, 3.8) is 0 Å². The summed E-state index contributed by atoms with van der Waals surface area (Å²) in [6.07, 6.45) is 3.13. The summed E-state index contributed by atoms with van der Waals surface area (Å²) < 4.78 is 26.9. The van der Waals surface area contributed by atoms with Gasteiger partial charge < -0.3 is 15.4 Å². The van der Waals surface area contributed by atoms with Gasteiger partial charge in [-0.2, -0.15) is 0 Å². The van der Waals surface area contributed by atoms with E-state index < -0.39 is 23.2 Å². The summed E-state index contributed by atoms with van der Waals surface area (Å²) in [5, 5.41) is 11.2. The fraction of sp³-hybridized carbons (Fsp3) is 0.0909. The number of aromatic nitrogens is 2. The predicted molar refractivity (Wildman–Crippen MR) is 59.2 cm³/mol. The number of carboxylic acid groups (broad SMARTS) is 1. The summed E-state index contributed by atoms with van der Waals surface area (Å²) in [5.41, 5.74) is -0.815. The van der Waals surface area contributed by atoms with Crippen LogP contribution in [-0.2, 0) is 6.54 Å². The number of halogens is 2. The Hall–Kier alpha value is -2.44. The van der Waals surface area contributed by atoms with E-state index >= 15 is 0 Å². The first-order valence-electron chi connectivity index (χ1n) is 5.03. The van der Waals surface area contributed by atoms with E-state index in [9.17, 15) is 13.6 Å². The molecule has 0 aliphatic rings. The molecule has 0 unspecified atom stereocenters. The summed E-state index contributed by atoms with van der Waals surface area (Å²) in [4.78, 5) is 17.3. The molecule has 2 aromatic rings. The van der Waals surface area contributed by atoms with E-state index in [1.54, 1.807) is 6.20 Å². The number of rotatable bonds is 4. The van der Waals surface area contributed by atoms with Gasteiger partial charge in [0.15, 0.2) is 11.6 Å². The quantitative estimate of drug-likeness (QED) is 0.778. The van der Waals surface area contributed by atoms with E-state index in [1.165, 1.54) is 12.3 Å². The van der Waals surface area contributed by atoms with Gasteiger partial charge in [-0.05, 0) is 12.1 Å². The Labute approximate surface area is 100 Å². The summed E-state index contributed by atoms with van der Waals surface area (Å²) in [6, 6.07) is 2.18. The number of hydrogen-bond donors (Lipinski definition) is 3. The monoisotopic (exact) mass is 253 g/mol. The zero-order valence-electron chi connectivity index (χ0n) is 9.08. The highest BCUT2D eigenvalue weighted by Gasteiger charge is 2.17. The van der Waals surface area contributed by atoms with Gasteiger partial charge >= 0.3 is 5.97 Å². The summed E-state index contributed by atoms with van der Waals surface area (Å²) in [6.45, 7) is 0.176. The maximum atomic E-state index is 13.5. The second-order valence-corrected chi connectivity index (χ2v) is 3.48. The predicted octanol–water partition coefficient (Wildman–Crippen LogP) is 2.00. The number of nitrogens with one attached hydrogen (secondary N) is 2. The van der Waals surface area contributed by atoms with Crippen LogP contribution in [0.1, 0.15) is 16.2 Å². The lowest BCUT2D eigenvalue weighted by Gasteiger charge is -2.07. The van der Waals surface area contributed by atoms with Crippen molar-refractivity contribution in [3.05, 3.63) is 47.5 Å². The molecule has 1 aromatic heterocycles. The van der Waals surface area contributed by atoms with Crippen LogP contribution in [0.15, 0.2) is 24.5 Å². The molecule has 0 amide bonds. The lowest BCUT2D eigenvalue weighted by Crippen LogP contribution is -2.08. The second kappa shape index (κ2) is 4.82. The van der Waals surface area contributed by atoms with Gasteiger partial charge in [0.2, 0.25) is 0 Å². The number of anilines is 1.